The molecular weight excluding hydrogens is 206 g/mol. The summed E-state index contributed by atoms with van der Waals surface area (Å²) in [6.45, 7) is 3.77. The SMILES string of the molecule is CC(C)OC1=NNC(=O)C1=Cc1ccc[nH]1. The lowest BCUT2D eigenvalue weighted by Gasteiger charge is -2.08. The van der Waals surface area contributed by atoms with Gasteiger partial charge in [0.25, 0.3) is 5.91 Å². The Bertz CT molecular complexity index is 444. The fraction of sp³-hybridized carbons (Fsp3) is 0.273. The van der Waals surface area contributed by atoms with Crippen molar-refractivity contribution >= 4 is 17.9 Å². The Morgan fingerprint density at radius 3 is 2.94 bits per heavy atom. The van der Waals surface area contributed by atoms with Crippen LogP contribution < -0.4 is 5.43 Å². The minimum absolute atomic E-state index is 0.0153. The normalized spacial score (nSPS) is 17.8. The zero-order chi connectivity index (χ0) is 11.5. The molecule has 0 radical (unpaired) electrons. The van der Waals surface area contributed by atoms with Crippen LogP contribution in [0.1, 0.15) is 19.5 Å². The van der Waals surface area contributed by atoms with E-state index in [0.717, 1.165) is 5.69 Å². The molecule has 5 nitrogen and oxygen atoms in total. The Hall–Kier alpha value is -2.04. The lowest BCUT2D eigenvalue weighted by molar-refractivity contribution is -0.116. The number of aromatic nitrogens is 1. The van der Waals surface area contributed by atoms with Crippen LogP contribution in [-0.2, 0) is 9.53 Å². The van der Waals surface area contributed by atoms with Crippen molar-refractivity contribution in [2.45, 2.75) is 20.0 Å². The fourth-order valence-corrected chi connectivity index (χ4v) is 1.35. The molecule has 0 atom stereocenters. The van der Waals surface area contributed by atoms with Gasteiger partial charge in [0.1, 0.15) is 5.57 Å². The highest BCUT2D eigenvalue weighted by atomic mass is 16.5. The average Bonchev–Trinajstić information content (AvgIpc) is 2.82. The van der Waals surface area contributed by atoms with E-state index in [9.17, 15) is 4.79 Å². The molecule has 2 heterocycles. The molecule has 0 bridgehead atoms. The van der Waals surface area contributed by atoms with E-state index in [4.69, 9.17) is 4.74 Å². The molecule has 16 heavy (non-hydrogen) atoms. The van der Waals surface area contributed by atoms with Crippen LogP contribution in [0.2, 0.25) is 0 Å². The van der Waals surface area contributed by atoms with E-state index in [2.05, 4.69) is 15.5 Å². The van der Waals surface area contributed by atoms with Crippen molar-refractivity contribution in [1.29, 1.82) is 0 Å². The molecule has 1 amide bonds. The van der Waals surface area contributed by atoms with Gasteiger partial charge in [0.2, 0.25) is 5.90 Å². The number of carbonyl (C=O) groups is 1. The van der Waals surface area contributed by atoms with E-state index in [1.807, 2.05) is 26.0 Å². The zero-order valence-electron chi connectivity index (χ0n) is 9.15. The third-order valence-electron chi connectivity index (χ3n) is 2.00. The zero-order valence-corrected chi connectivity index (χ0v) is 9.15. The van der Waals surface area contributed by atoms with Crippen LogP contribution in [0, 0.1) is 0 Å². The molecular formula is C11H13N3O2. The van der Waals surface area contributed by atoms with Gasteiger partial charge in [-0.05, 0) is 32.1 Å². The summed E-state index contributed by atoms with van der Waals surface area (Å²) < 4.78 is 5.43. The molecule has 1 aliphatic rings. The quantitative estimate of drug-likeness (QED) is 0.735. The summed E-state index contributed by atoms with van der Waals surface area (Å²) in [6.07, 6.45) is 3.49. The summed E-state index contributed by atoms with van der Waals surface area (Å²) in [7, 11) is 0. The van der Waals surface area contributed by atoms with Crippen molar-refractivity contribution in [2.75, 3.05) is 0 Å². The maximum absolute atomic E-state index is 11.5. The third-order valence-corrected chi connectivity index (χ3v) is 2.00. The predicted octanol–water partition coefficient (Wildman–Crippen LogP) is 1.27. The highest BCUT2D eigenvalue weighted by molar-refractivity contribution is 6.24. The summed E-state index contributed by atoms with van der Waals surface area (Å²) in [5, 5.41) is 3.83. The van der Waals surface area contributed by atoms with E-state index in [-0.39, 0.29) is 12.0 Å². The summed E-state index contributed by atoms with van der Waals surface area (Å²) >= 11 is 0. The first-order valence-electron chi connectivity index (χ1n) is 5.07. The van der Waals surface area contributed by atoms with E-state index >= 15 is 0 Å². The summed E-state index contributed by atoms with van der Waals surface area (Å²) in [4.78, 5) is 14.5. The largest absolute Gasteiger partial charge is 0.473 e. The molecule has 0 aliphatic carbocycles. The Morgan fingerprint density at radius 1 is 1.50 bits per heavy atom. The van der Waals surface area contributed by atoms with Gasteiger partial charge in [0.15, 0.2) is 0 Å². The van der Waals surface area contributed by atoms with Crippen LogP contribution in [0.3, 0.4) is 0 Å². The molecule has 5 heteroatoms. The van der Waals surface area contributed by atoms with Gasteiger partial charge in [0.05, 0.1) is 6.10 Å². The maximum Gasteiger partial charge on any atom is 0.277 e. The molecule has 84 valence electrons. The number of ether oxygens (including phenoxy) is 1. The minimum atomic E-state index is -0.245. The number of hydrogen-bond donors (Lipinski definition) is 2. The second-order valence-electron chi connectivity index (χ2n) is 3.71. The first-order chi connectivity index (χ1) is 7.66. The number of hydrogen-bond acceptors (Lipinski definition) is 3. The number of hydrazone groups is 1. The highest BCUT2D eigenvalue weighted by Gasteiger charge is 2.24. The lowest BCUT2D eigenvalue weighted by Crippen LogP contribution is -2.16. The average molecular weight is 219 g/mol. The molecule has 2 rings (SSSR count). The number of nitrogens with zero attached hydrogens (tertiary/aromatic N) is 1. The third kappa shape index (κ3) is 2.13. The summed E-state index contributed by atoms with van der Waals surface area (Å²) in [6, 6.07) is 3.73. The summed E-state index contributed by atoms with van der Waals surface area (Å²) in [5.41, 5.74) is 3.66. The molecule has 0 spiro atoms. The van der Waals surface area contributed by atoms with E-state index in [1.165, 1.54) is 0 Å². The van der Waals surface area contributed by atoms with Gasteiger partial charge < -0.3 is 9.72 Å². The van der Waals surface area contributed by atoms with Gasteiger partial charge in [-0.1, -0.05) is 0 Å². The van der Waals surface area contributed by atoms with Crippen LogP contribution in [0.5, 0.6) is 0 Å². The van der Waals surface area contributed by atoms with Gasteiger partial charge in [0, 0.05) is 11.9 Å². The molecule has 2 N–H and O–H groups in total. The molecule has 1 aromatic heterocycles. The number of nitrogens with one attached hydrogen (secondary N) is 2. The maximum atomic E-state index is 11.5. The number of aromatic amines is 1. The van der Waals surface area contributed by atoms with Crippen molar-refractivity contribution in [3.05, 3.63) is 29.6 Å². The predicted molar refractivity (Wildman–Crippen MR) is 60.6 cm³/mol. The second kappa shape index (κ2) is 4.22. The van der Waals surface area contributed by atoms with Crippen molar-refractivity contribution < 1.29 is 9.53 Å². The molecule has 0 unspecified atom stereocenters. The van der Waals surface area contributed by atoms with Crippen LogP contribution in [0.25, 0.3) is 6.08 Å². The van der Waals surface area contributed by atoms with Crippen molar-refractivity contribution in [1.82, 2.24) is 10.4 Å². The number of carbonyl (C=O) groups excluding carboxylic acids is 1. The van der Waals surface area contributed by atoms with Crippen molar-refractivity contribution in [2.24, 2.45) is 5.10 Å². The van der Waals surface area contributed by atoms with Gasteiger partial charge >= 0.3 is 0 Å². The first-order valence-corrected chi connectivity index (χ1v) is 5.07. The van der Waals surface area contributed by atoms with Crippen LogP contribution in [-0.4, -0.2) is 22.9 Å². The van der Waals surface area contributed by atoms with Gasteiger partial charge in [-0.3, -0.25) is 4.79 Å². The Morgan fingerprint density at radius 2 is 2.31 bits per heavy atom. The van der Waals surface area contributed by atoms with Gasteiger partial charge in [-0.2, -0.15) is 0 Å². The van der Waals surface area contributed by atoms with E-state index in [1.54, 1.807) is 12.3 Å². The van der Waals surface area contributed by atoms with Crippen LogP contribution >= 0.6 is 0 Å². The van der Waals surface area contributed by atoms with Crippen LogP contribution in [0.15, 0.2) is 29.0 Å². The second-order valence-corrected chi connectivity index (χ2v) is 3.71. The highest BCUT2D eigenvalue weighted by Crippen LogP contribution is 2.13. The van der Waals surface area contributed by atoms with Gasteiger partial charge in [-0.25, -0.2) is 5.43 Å². The number of H-pyrrole nitrogens is 1. The molecule has 1 aliphatic heterocycles. The smallest absolute Gasteiger partial charge is 0.277 e. The topological polar surface area (TPSA) is 66.5 Å². The minimum Gasteiger partial charge on any atom is -0.473 e. The molecule has 0 saturated heterocycles. The number of rotatable bonds is 2. The Labute approximate surface area is 93.2 Å². The van der Waals surface area contributed by atoms with Crippen molar-refractivity contribution in [3.8, 4) is 0 Å². The standard InChI is InChI=1S/C11H13N3O2/c1-7(2)16-11-9(10(15)13-14-11)6-8-4-3-5-12-8/h3-7,12H,1-2H3,(H,13,15). The Balaban J connectivity index is 2.24. The molecule has 0 aromatic carbocycles. The molecule has 1 aromatic rings. The molecule has 0 saturated carbocycles. The molecule has 0 fully saturated rings. The number of amides is 1. The monoisotopic (exact) mass is 219 g/mol. The first kappa shape index (κ1) is 10.5. The van der Waals surface area contributed by atoms with E-state index < -0.39 is 0 Å². The van der Waals surface area contributed by atoms with Crippen LogP contribution in [0.4, 0.5) is 0 Å². The van der Waals surface area contributed by atoms with Crippen molar-refractivity contribution in [3.63, 3.8) is 0 Å². The summed E-state index contributed by atoms with van der Waals surface area (Å²) in [5.74, 6) is 0.0971. The lowest BCUT2D eigenvalue weighted by atomic mass is 10.2. The Kier molecular flexibility index (Phi) is 2.76. The fourth-order valence-electron chi connectivity index (χ4n) is 1.35. The van der Waals surface area contributed by atoms with E-state index in [0.29, 0.717) is 11.5 Å². The van der Waals surface area contributed by atoms with Gasteiger partial charge in [-0.15, -0.1) is 5.10 Å².